The molecule has 0 spiro atoms. The summed E-state index contributed by atoms with van der Waals surface area (Å²) in [6.45, 7) is 2.75. The molecule has 0 saturated heterocycles. The third-order valence-electron chi connectivity index (χ3n) is 4.03. The van der Waals surface area contributed by atoms with E-state index < -0.39 is 0 Å². The number of carbonyl (C=O) groups excluding carboxylic acids is 1. The number of hydrogen-bond donors (Lipinski definition) is 1. The predicted octanol–water partition coefficient (Wildman–Crippen LogP) is 3.00. The first-order chi connectivity index (χ1) is 11.7. The summed E-state index contributed by atoms with van der Waals surface area (Å²) >= 11 is 1.41. The van der Waals surface area contributed by atoms with E-state index in [1.54, 1.807) is 24.3 Å². The number of nitrogens with zero attached hydrogens (tertiary/aromatic N) is 4. The fourth-order valence-electron chi connectivity index (χ4n) is 2.68. The number of fused-ring (bicyclic) bond motifs is 1. The second kappa shape index (κ2) is 7.49. The molecule has 6 nitrogen and oxygen atoms in total. The Labute approximate surface area is 145 Å². The van der Waals surface area contributed by atoms with E-state index in [1.165, 1.54) is 18.2 Å². The Morgan fingerprint density at radius 3 is 3.00 bits per heavy atom. The van der Waals surface area contributed by atoms with Gasteiger partial charge in [-0.25, -0.2) is 0 Å². The quantitative estimate of drug-likeness (QED) is 0.864. The highest BCUT2D eigenvalue weighted by Gasteiger charge is 2.21. The Balaban J connectivity index is 1.69. The lowest BCUT2D eigenvalue weighted by Gasteiger charge is -2.13. The van der Waals surface area contributed by atoms with Crippen LogP contribution < -0.4 is 5.32 Å². The van der Waals surface area contributed by atoms with Crippen LogP contribution in [0.25, 0.3) is 0 Å². The molecule has 0 radical (unpaired) electrons. The largest absolute Gasteiger partial charge is 0.324 e. The van der Waals surface area contributed by atoms with E-state index in [4.69, 9.17) is 5.26 Å². The van der Waals surface area contributed by atoms with Crippen molar-refractivity contribution in [3.63, 3.8) is 0 Å². The highest BCUT2D eigenvalue weighted by atomic mass is 32.2. The number of amides is 1. The summed E-state index contributed by atoms with van der Waals surface area (Å²) in [5.74, 6) is 0.867. The molecule has 3 rings (SSSR count). The van der Waals surface area contributed by atoms with Gasteiger partial charge in [0, 0.05) is 13.0 Å². The Morgan fingerprint density at radius 2 is 2.17 bits per heavy atom. The van der Waals surface area contributed by atoms with Gasteiger partial charge >= 0.3 is 0 Å². The molecule has 1 aliphatic rings. The summed E-state index contributed by atoms with van der Waals surface area (Å²) < 4.78 is 2.13. The third kappa shape index (κ3) is 3.60. The van der Waals surface area contributed by atoms with Gasteiger partial charge in [-0.3, -0.25) is 4.79 Å². The topological polar surface area (TPSA) is 83.6 Å². The van der Waals surface area contributed by atoms with Gasteiger partial charge in [-0.2, -0.15) is 5.26 Å². The van der Waals surface area contributed by atoms with Crippen LogP contribution in [0, 0.1) is 11.3 Å². The van der Waals surface area contributed by atoms with E-state index in [1.807, 2.05) is 6.92 Å². The van der Waals surface area contributed by atoms with Crippen molar-refractivity contribution in [2.75, 3.05) is 5.32 Å². The number of nitrogens with one attached hydrogen (secondary N) is 1. The zero-order chi connectivity index (χ0) is 16.9. The molecule has 0 saturated carbocycles. The van der Waals surface area contributed by atoms with E-state index in [2.05, 4.69) is 26.2 Å². The summed E-state index contributed by atoms with van der Waals surface area (Å²) in [5, 5.41) is 20.9. The van der Waals surface area contributed by atoms with Crippen LogP contribution in [0.3, 0.4) is 0 Å². The number of aromatic nitrogens is 3. The number of carbonyl (C=O) groups is 1. The van der Waals surface area contributed by atoms with Crippen molar-refractivity contribution in [3.8, 4) is 6.07 Å². The first kappa shape index (κ1) is 16.5. The molecule has 0 unspecified atom stereocenters. The minimum absolute atomic E-state index is 0.145. The Morgan fingerprint density at radius 1 is 1.33 bits per heavy atom. The van der Waals surface area contributed by atoms with Crippen molar-refractivity contribution in [2.45, 2.75) is 49.6 Å². The standard InChI is InChI=1S/C17H19N5OS/c1-12(16(23)19-14-8-5-4-7-13(14)11-18)24-17-21-20-15-9-3-2-6-10-22(15)17/h4-5,7-8,12H,2-3,6,9-10H2,1H3,(H,19,23)/t12-/m1/s1. The van der Waals surface area contributed by atoms with Gasteiger partial charge in [0.25, 0.3) is 0 Å². The van der Waals surface area contributed by atoms with Crippen molar-refractivity contribution >= 4 is 23.4 Å². The average Bonchev–Trinajstić information content (AvgIpc) is 2.82. The van der Waals surface area contributed by atoms with Crippen molar-refractivity contribution in [3.05, 3.63) is 35.7 Å². The number of hydrogen-bond acceptors (Lipinski definition) is 5. The molecule has 1 atom stereocenters. The second-order valence-electron chi connectivity index (χ2n) is 5.77. The maximum atomic E-state index is 12.4. The zero-order valence-electron chi connectivity index (χ0n) is 13.5. The molecule has 0 bridgehead atoms. The summed E-state index contributed by atoms with van der Waals surface area (Å²) in [4.78, 5) is 12.4. The van der Waals surface area contributed by atoms with E-state index in [0.717, 1.165) is 36.8 Å². The van der Waals surface area contributed by atoms with Gasteiger partial charge < -0.3 is 9.88 Å². The third-order valence-corrected chi connectivity index (χ3v) is 5.11. The lowest BCUT2D eigenvalue weighted by Crippen LogP contribution is -2.23. The molecule has 2 aromatic rings. The summed E-state index contributed by atoms with van der Waals surface area (Å²) in [7, 11) is 0. The molecule has 0 fully saturated rings. The predicted molar refractivity (Wildman–Crippen MR) is 92.7 cm³/mol. The number of thioether (sulfide) groups is 1. The molecule has 1 aliphatic heterocycles. The number of nitriles is 1. The fourth-order valence-corrected chi connectivity index (χ4v) is 3.58. The highest BCUT2D eigenvalue weighted by molar-refractivity contribution is 8.00. The van der Waals surface area contributed by atoms with Crippen molar-refractivity contribution in [1.29, 1.82) is 5.26 Å². The smallest absolute Gasteiger partial charge is 0.237 e. The first-order valence-corrected chi connectivity index (χ1v) is 8.95. The van der Waals surface area contributed by atoms with Crippen molar-refractivity contribution in [2.24, 2.45) is 0 Å². The fraction of sp³-hybridized carbons (Fsp3) is 0.412. The van der Waals surface area contributed by atoms with Gasteiger partial charge in [-0.15, -0.1) is 10.2 Å². The van der Waals surface area contributed by atoms with Crippen LogP contribution in [-0.2, 0) is 17.8 Å². The summed E-state index contributed by atoms with van der Waals surface area (Å²) in [6, 6.07) is 9.08. The Hall–Kier alpha value is -2.33. The van der Waals surface area contributed by atoms with Gasteiger partial charge in [0.15, 0.2) is 5.16 Å². The number of para-hydroxylation sites is 1. The number of rotatable bonds is 4. The van der Waals surface area contributed by atoms with E-state index in [-0.39, 0.29) is 11.2 Å². The van der Waals surface area contributed by atoms with E-state index in [0.29, 0.717) is 11.3 Å². The van der Waals surface area contributed by atoms with Crippen LogP contribution in [-0.4, -0.2) is 25.9 Å². The molecular formula is C17H19N5OS. The van der Waals surface area contributed by atoms with Gasteiger partial charge in [0.1, 0.15) is 11.9 Å². The average molecular weight is 341 g/mol. The second-order valence-corrected chi connectivity index (χ2v) is 7.08. The molecule has 1 aromatic heterocycles. The van der Waals surface area contributed by atoms with Crippen LogP contribution in [0.15, 0.2) is 29.4 Å². The number of anilines is 1. The van der Waals surface area contributed by atoms with Crippen LogP contribution in [0.4, 0.5) is 5.69 Å². The molecule has 124 valence electrons. The molecular weight excluding hydrogens is 322 g/mol. The van der Waals surface area contributed by atoms with Crippen molar-refractivity contribution < 1.29 is 4.79 Å². The molecule has 1 N–H and O–H groups in total. The molecule has 1 amide bonds. The highest BCUT2D eigenvalue weighted by Crippen LogP contribution is 2.26. The minimum Gasteiger partial charge on any atom is -0.324 e. The number of aryl methyl sites for hydroxylation is 1. The maximum Gasteiger partial charge on any atom is 0.237 e. The van der Waals surface area contributed by atoms with Gasteiger partial charge in [0.2, 0.25) is 5.91 Å². The lowest BCUT2D eigenvalue weighted by molar-refractivity contribution is -0.115. The summed E-state index contributed by atoms with van der Waals surface area (Å²) in [6.07, 6.45) is 4.41. The monoisotopic (exact) mass is 341 g/mol. The minimum atomic E-state index is -0.326. The van der Waals surface area contributed by atoms with Gasteiger partial charge in [-0.05, 0) is 31.9 Å². The van der Waals surface area contributed by atoms with E-state index >= 15 is 0 Å². The van der Waals surface area contributed by atoms with Gasteiger partial charge in [0.05, 0.1) is 16.5 Å². The van der Waals surface area contributed by atoms with Crippen LogP contribution in [0.2, 0.25) is 0 Å². The molecule has 0 aliphatic carbocycles. The first-order valence-electron chi connectivity index (χ1n) is 8.08. The molecule has 1 aromatic carbocycles. The zero-order valence-corrected chi connectivity index (χ0v) is 14.3. The van der Waals surface area contributed by atoms with E-state index in [9.17, 15) is 4.79 Å². The Bertz CT molecular complexity index is 780. The van der Waals surface area contributed by atoms with Crippen LogP contribution >= 0.6 is 11.8 Å². The van der Waals surface area contributed by atoms with Gasteiger partial charge in [-0.1, -0.05) is 30.3 Å². The molecule has 7 heteroatoms. The summed E-state index contributed by atoms with van der Waals surface area (Å²) in [5.41, 5.74) is 0.997. The van der Waals surface area contributed by atoms with Crippen LogP contribution in [0.5, 0.6) is 0 Å². The Kier molecular flexibility index (Phi) is 5.16. The number of benzene rings is 1. The normalized spacial score (nSPS) is 15.0. The maximum absolute atomic E-state index is 12.4. The SMILES string of the molecule is C[C@@H](Sc1nnc2n1CCCCC2)C(=O)Nc1ccccc1C#N. The van der Waals surface area contributed by atoms with Crippen molar-refractivity contribution in [1.82, 2.24) is 14.8 Å². The molecule has 24 heavy (non-hydrogen) atoms. The molecule has 2 heterocycles. The van der Waals surface area contributed by atoms with Crippen LogP contribution in [0.1, 0.15) is 37.6 Å². The lowest BCUT2D eigenvalue weighted by atomic mass is 10.2.